The van der Waals surface area contributed by atoms with Gasteiger partial charge in [0.1, 0.15) is 0 Å². The minimum absolute atomic E-state index is 0. The van der Waals surface area contributed by atoms with Crippen molar-refractivity contribution in [2.24, 2.45) is 0 Å². The average Bonchev–Trinajstić information content (AvgIpc) is 3.28. The van der Waals surface area contributed by atoms with Crippen LogP contribution in [0.15, 0.2) is 35.4 Å². The van der Waals surface area contributed by atoms with Crippen molar-refractivity contribution in [2.75, 3.05) is 0 Å². The van der Waals surface area contributed by atoms with Gasteiger partial charge >= 0.3 is 239 Å². The molecule has 208 valence electrons. The van der Waals surface area contributed by atoms with Crippen LogP contribution in [0.4, 0.5) is 0 Å². The van der Waals surface area contributed by atoms with Gasteiger partial charge in [-0.15, -0.1) is 0 Å². The first-order valence-corrected chi connectivity index (χ1v) is 17.1. The average molecular weight is 641 g/mol. The van der Waals surface area contributed by atoms with Crippen LogP contribution in [0.2, 0.25) is 0 Å². The van der Waals surface area contributed by atoms with Gasteiger partial charge in [-0.05, 0) is 0 Å². The molecule has 4 aliphatic carbocycles. The normalized spacial score (nSPS) is 22.6. The number of rotatable bonds is 2. The van der Waals surface area contributed by atoms with Gasteiger partial charge in [0, 0.05) is 0 Å². The Kier molecular flexibility index (Phi) is 8.02. The van der Waals surface area contributed by atoms with Crippen molar-refractivity contribution < 1.29 is 48.0 Å². The summed E-state index contributed by atoms with van der Waals surface area (Å²) >= 11 is -0.935. The molecule has 0 fully saturated rings. The summed E-state index contributed by atoms with van der Waals surface area (Å²) in [6.45, 7) is 24.7. The van der Waals surface area contributed by atoms with E-state index in [2.05, 4.69) is 93.5 Å². The van der Waals surface area contributed by atoms with Gasteiger partial charge in [0.2, 0.25) is 0 Å². The summed E-state index contributed by atoms with van der Waals surface area (Å²) in [5, 5.41) is 0. The second-order valence-corrected chi connectivity index (χ2v) is 18.5. The van der Waals surface area contributed by atoms with Crippen LogP contribution in [-0.4, -0.2) is 0 Å². The molecular weight excluding hydrogens is 595 g/mol. The van der Waals surface area contributed by atoms with Gasteiger partial charge in [0.05, 0.1) is 0 Å². The van der Waals surface area contributed by atoms with Crippen molar-refractivity contribution in [1.82, 2.24) is 0 Å². The maximum absolute atomic E-state index is 2.67. The van der Waals surface area contributed by atoms with Crippen LogP contribution in [0.1, 0.15) is 139 Å². The van der Waals surface area contributed by atoms with Gasteiger partial charge in [-0.3, -0.25) is 0 Å². The first kappa shape index (κ1) is 31.3. The molecule has 6 rings (SSSR count). The minimum Gasteiger partial charge on any atom is -1.00 e. The van der Waals surface area contributed by atoms with Gasteiger partial charge in [-0.1, -0.05) is 0 Å². The molecule has 0 unspecified atom stereocenters. The maximum atomic E-state index is 2.67. The fourth-order valence-corrected chi connectivity index (χ4v) is 11.7. The Morgan fingerprint density at radius 3 is 1.08 bits per heavy atom. The third-order valence-electron chi connectivity index (χ3n) is 10.7. The number of halogens is 2. The Balaban J connectivity index is 0.00000176. The van der Waals surface area contributed by atoms with Gasteiger partial charge in [0.15, 0.2) is 0 Å². The third-order valence-corrected chi connectivity index (χ3v) is 15.4. The molecule has 0 heterocycles. The standard InChI is InChI=1S/2C18H23.2ClH.Zr/c2*1-12-8-13-10-15-16(11-14(13)9-12)18(4,5)7-6-17(15,2)3;;;/h2*10-11H,6-8H2,1-5H3;2*1H;/q;;;;+2/p-2. The van der Waals surface area contributed by atoms with Crippen molar-refractivity contribution in [1.29, 1.82) is 0 Å². The van der Waals surface area contributed by atoms with Gasteiger partial charge in [-0.2, -0.15) is 0 Å². The zero-order valence-electron chi connectivity index (χ0n) is 25.8. The molecular formula is C36H46Cl2Zr. The van der Waals surface area contributed by atoms with Crippen LogP contribution < -0.4 is 24.8 Å². The molecule has 0 saturated carbocycles. The first-order chi connectivity index (χ1) is 17.1. The number of hydrogen-bond acceptors (Lipinski definition) is 0. The zero-order valence-corrected chi connectivity index (χ0v) is 29.8. The second-order valence-electron chi connectivity index (χ2n) is 15.4. The van der Waals surface area contributed by atoms with Crippen LogP contribution >= 0.6 is 0 Å². The van der Waals surface area contributed by atoms with E-state index < -0.39 is 23.2 Å². The molecule has 2 aromatic rings. The van der Waals surface area contributed by atoms with Gasteiger partial charge in [-0.25, -0.2) is 0 Å². The van der Waals surface area contributed by atoms with Crippen LogP contribution in [0.5, 0.6) is 0 Å². The van der Waals surface area contributed by atoms with E-state index >= 15 is 0 Å². The first-order valence-electron chi connectivity index (χ1n) is 14.6. The fraction of sp³-hybridized carbons (Fsp3) is 0.556. The van der Waals surface area contributed by atoms with Crippen LogP contribution in [0, 0.1) is 0 Å². The Hall–Kier alpha value is -0.617. The molecule has 39 heavy (non-hydrogen) atoms. The van der Waals surface area contributed by atoms with E-state index in [0.29, 0.717) is 10.8 Å². The molecule has 0 aromatic heterocycles. The largest absolute Gasteiger partial charge is 1.00 e. The van der Waals surface area contributed by atoms with Crippen molar-refractivity contribution in [3.05, 3.63) is 79.9 Å². The van der Waals surface area contributed by atoms with Crippen LogP contribution in [0.25, 0.3) is 6.56 Å². The molecule has 0 N–H and O–H groups in total. The quantitative estimate of drug-likeness (QED) is 0.470. The van der Waals surface area contributed by atoms with Gasteiger partial charge < -0.3 is 24.8 Å². The van der Waals surface area contributed by atoms with Crippen molar-refractivity contribution in [3.8, 4) is 0 Å². The van der Waals surface area contributed by atoms with E-state index in [1.54, 1.807) is 62.2 Å². The molecule has 3 heteroatoms. The third kappa shape index (κ3) is 4.94. The maximum Gasteiger partial charge on any atom is -1.00 e. The topological polar surface area (TPSA) is 0 Å². The molecule has 4 aliphatic rings. The number of allylic oxidation sites excluding steroid dienone is 2. The molecule has 0 saturated heterocycles. The number of hydrogen-bond donors (Lipinski definition) is 0. The zero-order chi connectivity index (χ0) is 26.7. The molecule has 2 aromatic carbocycles. The summed E-state index contributed by atoms with van der Waals surface area (Å²) in [5.74, 6) is 0. The fourth-order valence-electron chi connectivity index (χ4n) is 7.76. The molecule has 0 nitrogen and oxygen atoms in total. The Morgan fingerprint density at radius 2 is 0.769 bits per heavy atom. The van der Waals surface area contributed by atoms with E-state index in [9.17, 15) is 0 Å². The van der Waals surface area contributed by atoms with Crippen molar-refractivity contribution >= 4 is 6.56 Å². The number of fused-ring (bicyclic) bond motifs is 4. The van der Waals surface area contributed by atoms with E-state index in [0.717, 1.165) is 0 Å². The van der Waals surface area contributed by atoms with E-state index in [1.165, 1.54) is 38.5 Å². The van der Waals surface area contributed by atoms with Crippen molar-refractivity contribution in [2.45, 2.75) is 129 Å². The van der Waals surface area contributed by atoms with Crippen molar-refractivity contribution in [3.63, 3.8) is 0 Å². The Bertz CT molecular complexity index is 1310. The number of benzene rings is 2. The Labute approximate surface area is 262 Å². The van der Waals surface area contributed by atoms with Crippen LogP contribution in [0.3, 0.4) is 0 Å². The molecule has 0 amide bonds. The Morgan fingerprint density at radius 1 is 0.487 bits per heavy atom. The summed E-state index contributed by atoms with van der Waals surface area (Å²) in [7, 11) is 0. The summed E-state index contributed by atoms with van der Waals surface area (Å²) in [6, 6.07) is 10.6. The smallest absolute Gasteiger partial charge is 1.00 e. The molecule has 0 atom stereocenters. The monoisotopic (exact) mass is 638 g/mol. The molecule has 0 radical (unpaired) electrons. The van der Waals surface area contributed by atoms with Gasteiger partial charge in [0.25, 0.3) is 0 Å². The molecule has 0 spiro atoms. The minimum atomic E-state index is -0.935. The SMILES string of the molecule is CC1=[C]([Zr+2][C]2=C(C)Cc3cc4c(cc32)C(C)(C)CCC4(C)C)c2cc3c(cc2C1)C(C)(C)CCC3(C)C.[Cl-].[Cl-]. The second kappa shape index (κ2) is 9.99. The molecule has 0 aliphatic heterocycles. The predicted molar refractivity (Wildman–Crippen MR) is 156 cm³/mol. The van der Waals surface area contributed by atoms with E-state index in [1.807, 2.05) is 0 Å². The predicted octanol–water partition coefficient (Wildman–Crippen LogP) is 3.75. The summed E-state index contributed by atoms with van der Waals surface area (Å²) in [5.41, 5.74) is 17.4. The summed E-state index contributed by atoms with van der Waals surface area (Å²) in [4.78, 5) is 0. The summed E-state index contributed by atoms with van der Waals surface area (Å²) < 4.78 is 3.56. The van der Waals surface area contributed by atoms with E-state index in [-0.39, 0.29) is 35.6 Å². The van der Waals surface area contributed by atoms with E-state index in [4.69, 9.17) is 0 Å². The van der Waals surface area contributed by atoms with Crippen LogP contribution in [-0.2, 0) is 57.7 Å². The molecule has 0 bridgehead atoms. The summed E-state index contributed by atoms with van der Waals surface area (Å²) in [6.07, 6.45) is 7.50.